The minimum Gasteiger partial charge on any atom is -0.493 e. The Morgan fingerprint density at radius 3 is 2.40 bits per heavy atom. The maximum absolute atomic E-state index is 12.5. The molecule has 3 nitrogen and oxygen atoms in total. The predicted octanol–water partition coefficient (Wildman–Crippen LogP) is 1.20. The van der Waals surface area contributed by atoms with E-state index >= 15 is 0 Å². The van der Waals surface area contributed by atoms with Crippen molar-refractivity contribution in [3.05, 3.63) is 30.1 Å². The van der Waals surface area contributed by atoms with Crippen LogP contribution in [0.15, 0.2) is 24.3 Å². The summed E-state index contributed by atoms with van der Waals surface area (Å²) in [4.78, 5) is 0. The average molecular weight is 214 g/mol. The van der Waals surface area contributed by atoms with Gasteiger partial charge in [0.2, 0.25) is 0 Å². The minimum absolute atomic E-state index is 0.0258. The molecule has 1 rings (SSSR count). The number of rotatable bonds is 6. The Bertz CT molecular complexity index is 274. The van der Waals surface area contributed by atoms with Crippen molar-refractivity contribution < 1.29 is 19.3 Å². The van der Waals surface area contributed by atoms with Gasteiger partial charge in [-0.25, -0.2) is 4.39 Å². The molecule has 0 aliphatic heterocycles. The Morgan fingerprint density at radius 1 is 1.20 bits per heavy atom. The Kier molecular flexibility index (Phi) is 5.07. The topological polar surface area (TPSA) is 49.7 Å². The Morgan fingerprint density at radius 2 is 1.87 bits per heavy atom. The molecule has 0 fully saturated rings. The highest BCUT2D eigenvalue weighted by Gasteiger charge is 2.07. The summed E-state index contributed by atoms with van der Waals surface area (Å²) in [6.07, 6.45) is 0.498. The summed E-state index contributed by atoms with van der Waals surface area (Å²) >= 11 is 0. The van der Waals surface area contributed by atoms with Crippen molar-refractivity contribution >= 4 is 0 Å². The van der Waals surface area contributed by atoms with Crippen LogP contribution in [0, 0.1) is 11.7 Å². The van der Waals surface area contributed by atoms with E-state index in [1.54, 1.807) is 0 Å². The van der Waals surface area contributed by atoms with Crippen LogP contribution in [-0.4, -0.2) is 30.0 Å². The summed E-state index contributed by atoms with van der Waals surface area (Å²) in [5, 5.41) is 17.6. The van der Waals surface area contributed by atoms with Crippen molar-refractivity contribution in [2.45, 2.75) is 6.42 Å². The number of aliphatic hydroxyl groups excluding tert-OH is 2. The van der Waals surface area contributed by atoms with Gasteiger partial charge in [0.05, 0.1) is 6.61 Å². The van der Waals surface area contributed by atoms with Gasteiger partial charge in [-0.05, 0) is 30.7 Å². The van der Waals surface area contributed by atoms with Crippen molar-refractivity contribution in [1.29, 1.82) is 0 Å². The first-order valence-electron chi connectivity index (χ1n) is 4.86. The standard InChI is InChI=1S/C11H15FO3/c12-10-1-3-11(4-2-10)15-8-9(7-14)5-6-13/h1-4,9,13-14H,5-8H2. The molecule has 0 aliphatic rings. The molecular weight excluding hydrogens is 199 g/mol. The van der Waals surface area contributed by atoms with Crippen LogP contribution in [-0.2, 0) is 0 Å². The lowest BCUT2D eigenvalue weighted by Crippen LogP contribution is -2.17. The van der Waals surface area contributed by atoms with E-state index in [2.05, 4.69) is 0 Å². The molecule has 0 spiro atoms. The van der Waals surface area contributed by atoms with Gasteiger partial charge in [0.25, 0.3) is 0 Å². The largest absolute Gasteiger partial charge is 0.493 e. The SMILES string of the molecule is OCCC(CO)COc1ccc(F)cc1. The van der Waals surface area contributed by atoms with E-state index in [1.165, 1.54) is 24.3 Å². The second-order valence-electron chi connectivity index (χ2n) is 3.33. The first-order valence-corrected chi connectivity index (χ1v) is 4.86. The van der Waals surface area contributed by atoms with Gasteiger partial charge >= 0.3 is 0 Å². The molecule has 1 aromatic carbocycles. The molecule has 0 radical (unpaired) electrons. The summed E-state index contributed by atoms with van der Waals surface area (Å²) in [6, 6.07) is 5.69. The molecule has 1 aromatic rings. The van der Waals surface area contributed by atoms with Crippen molar-refractivity contribution in [1.82, 2.24) is 0 Å². The number of hydrogen-bond acceptors (Lipinski definition) is 3. The van der Waals surface area contributed by atoms with Gasteiger partial charge in [0.15, 0.2) is 0 Å². The first kappa shape index (κ1) is 11.9. The molecule has 0 heterocycles. The van der Waals surface area contributed by atoms with Crippen molar-refractivity contribution in [2.75, 3.05) is 19.8 Å². The van der Waals surface area contributed by atoms with Crippen LogP contribution in [0.3, 0.4) is 0 Å². The monoisotopic (exact) mass is 214 g/mol. The molecule has 84 valence electrons. The van der Waals surface area contributed by atoms with Gasteiger partial charge in [-0.3, -0.25) is 0 Å². The van der Waals surface area contributed by atoms with Crippen LogP contribution in [0.4, 0.5) is 4.39 Å². The summed E-state index contributed by atoms with van der Waals surface area (Å²) in [7, 11) is 0. The van der Waals surface area contributed by atoms with E-state index in [9.17, 15) is 4.39 Å². The predicted molar refractivity (Wildman–Crippen MR) is 54.2 cm³/mol. The maximum Gasteiger partial charge on any atom is 0.123 e. The lowest BCUT2D eigenvalue weighted by Gasteiger charge is -2.13. The van der Waals surface area contributed by atoms with Crippen molar-refractivity contribution in [3.8, 4) is 5.75 Å². The summed E-state index contributed by atoms with van der Waals surface area (Å²) in [5.41, 5.74) is 0. The van der Waals surface area contributed by atoms with Gasteiger partial charge in [0.1, 0.15) is 11.6 Å². The number of halogens is 1. The van der Waals surface area contributed by atoms with Gasteiger partial charge in [-0.1, -0.05) is 0 Å². The summed E-state index contributed by atoms with van der Waals surface area (Å²) in [5.74, 6) is 0.171. The second-order valence-corrected chi connectivity index (χ2v) is 3.33. The minimum atomic E-state index is -0.309. The van der Waals surface area contributed by atoms with Crippen LogP contribution < -0.4 is 4.74 Å². The van der Waals surface area contributed by atoms with Crippen LogP contribution in [0.1, 0.15) is 6.42 Å². The Hall–Kier alpha value is -1.13. The zero-order valence-electron chi connectivity index (χ0n) is 8.40. The lowest BCUT2D eigenvalue weighted by molar-refractivity contribution is 0.134. The highest BCUT2D eigenvalue weighted by molar-refractivity contribution is 5.21. The van der Waals surface area contributed by atoms with Crippen LogP contribution in [0.2, 0.25) is 0 Å². The zero-order chi connectivity index (χ0) is 11.1. The molecule has 0 aromatic heterocycles. The fourth-order valence-corrected chi connectivity index (χ4v) is 1.15. The maximum atomic E-state index is 12.5. The highest BCUT2D eigenvalue weighted by atomic mass is 19.1. The molecular formula is C11H15FO3. The second kappa shape index (κ2) is 6.37. The van der Waals surface area contributed by atoms with E-state index in [0.29, 0.717) is 18.8 Å². The van der Waals surface area contributed by atoms with E-state index in [-0.39, 0.29) is 24.9 Å². The van der Waals surface area contributed by atoms with Gasteiger partial charge in [0, 0.05) is 19.1 Å². The number of hydrogen-bond donors (Lipinski definition) is 2. The van der Waals surface area contributed by atoms with Gasteiger partial charge in [-0.2, -0.15) is 0 Å². The van der Waals surface area contributed by atoms with Crippen LogP contribution in [0.25, 0.3) is 0 Å². The van der Waals surface area contributed by atoms with E-state index in [4.69, 9.17) is 14.9 Å². The molecule has 1 unspecified atom stereocenters. The third kappa shape index (κ3) is 4.27. The lowest BCUT2D eigenvalue weighted by atomic mass is 10.1. The third-order valence-corrected chi connectivity index (χ3v) is 2.09. The molecule has 4 heteroatoms. The highest BCUT2D eigenvalue weighted by Crippen LogP contribution is 2.13. The quantitative estimate of drug-likeness (QED) is 0.748. The van der Waals surface area contributed by atoms with Crippen molar-refractivity contribution in [2.24, 2.45) is 5.92 Å². The fraction of sp³-hybridized carbons (Fsp3) is 0.455. The molecule has 0 amide bonds. The van der Waals surface area contributed by atoms with E-state index in [1.807, 2.05) is 0 Å². The van der Waals surface area contributed by atoms with Gasteiger partial charge in [-0.15, -0.1) is 0 Å². The van der Waals surface area contributed by atoms with Crippen LogP contribution in [0.5, 0.6) is 5.75 Å². The molecule has 0 bridgehead atoms. The molecule has 0 aliphatic carbocycles. The smallest absolute Gasteiger partial charge is 0.123 e. The Labute approximate surface area is 88.1 Å². The zero-order valence-corrected chi connectivity index (χ0v) is 8.40. The molecule has 2 N–H and O–H groups in total. The first-order chi connectivity index (χ1) is 7.26. The number of aliphatic hydroxyl groups is 2. The molecule has 1 atom stereocenters. The third-order valence-electron chi connectivity index (χ3n) is 2.09. The van der Waals surface area contributed by atoms with Gasteiger partial charge < -0.3 is 14.9 Å². The van der Waals surface area contributed by atoms with Crippen LogP contribution >= 0.6 is 0 Å². The number of benzene rings is 1. The Balaban J connectivity index is 2.38. The summed E-state index contributed by atoms with van der Waals surface area (Å²) < 4.78 is 17.9. The summed E-state index contributed by atoms with van der Waals surface area (Å²) in [6.45, 7) is 0.322. The van der Waals surface area contributed by atoms with Crippen molar-refractivity contribution in [3.63, 3.8) is 0 Å². The average Bonchev–Trinajstić information content (AvgIpc) is 2.26. The van der Waals surface area contributed by atoms with E-state index < -0.39 is 0 Å². The fourth-order valence-electron chi connectivity index (χ4n) is 1.15. The molecule has 0 saturated heterocycles. The normalized spacial score (nSPS) is 12.5. The van der Waals surface area contributed by atoms with E-state index in [0.717, 1.165) is 0 Å². The molecule has 15 heavy (non-hydrogen) atoms. The number of ether oxygens (including phenoxy) is 1. The molecule has 0 saturated carbocycles.